The lowest BCUT2D eigenvalue weighted by atomic mass is 10.1. The summed E-state index contributed by atoms with van der Waals surface area (Å²) in [5.41, 5.74) is 6.57. The van der Waals surface area contributed by atoms with E-state index >= 15 is 0 Å². The largest absolute Gasteiger partial charge is 0.358 e. The molecule has 2 N–H and O–H groups in total. The van der Waals surface area contributed by atoms with Crippen LogP contribution in [0.3, 0.4) is 0 Å². The summed E-state index contributed by atoms with van der Waals surface area (Å²) in [6.07, 6.45) is 1.03. The predicted molar refractivity (Wildman–Crippen MR) is 80.4 cm³/mol. The van der Waals surface area contributed by atoms with Crippen LogP contribution in [0.25, 0.3) is 0 Å². The highest BCUT2D eigenvalue weighted by Crippen LogP contribution is 2.38. The Bertz CT molecular complexity index is 472. The summed E-state index contributed by atoms with van der Waals surface area (Å²) >= 11 is 8.48. The maximum Gasteiger partial charge on any atom is 0.271 e. The van der Waals surface area contributed by atoms with Crippen molar-refractivity contribution < 1.29 is 4.92 Å². The average molecular weight is 382 g/mol. The summed E-state index contributed by atoms with van der Waals surface area (Å²) in [6.45, 7) is 1.53. The van der Waals surface area contributed by atoms with Crippen LogP contribution in [0, 0.1) is 16.0 Å². The molecule has 1 heterocycles. The third-order valence-electron chi connectivity index (χ3n) is 3.18. The minimum Gasteiger partial charge on any atom is -0.358 e. The molecule has 0 bridgehead atoms. The minimum atomic E-state index is -0.441. The number of nitro benzene ring substituents is 1. The van der Waals surface area contributed by atoms with Gasteiger partial charge >= 0.3 is 0 Å². The monoisotopic (exact) mass is 381 g/mol. The van der Waals surface area contributed by atoms with E-state index in [4.69, 9.17) is 17.3 Å². The summed E-state index contributed by atoms with van der Waals surface area (Å²) in [4.78, 5) is 12.4. The third-order valence-corrected chi connectivity index (χ3v) is 5.17. The lowest BCUT2D eigenvalue weighted by Crippen LogP contribution is -2.30. The number of nitro groups is 1. The molecule has 0 radical (unpaired) electrons. The normalized spacial score (nSPS) is 23.4. The van der Waals surface area contributed by atoms with Crippen molar-refractivity contribution in [3.8, 4) is 0 Å². The molecule has 0 aromatic heterocycles. The van der Waals surface area contributed by atoms with Crippen LogP contribution in [0.15, 0.2) is 18.2 Å². The van der Waals surface area contributed by atoms with E-state index in [9.17, 15) is 10.1 Å². The van der Waals surface area contributed by atoms with E-state index in [-0.39, 0.29) is 9.74 Å². The van der Waals surface area contributed by atoms with E-state index in [0.717, 1.165) is 18.7 Å². The van der Waals surface area contributed by atoms with Gasteiger partial charge in [0.1, 0.15) is 0 Å². The van der Waals surface area contributed by atoms with Gasteiger partial charge in [0.25, 0.3) is 5.69 Å². The van der Waals surface area contributed by atoms with E-state index in [2.05, 4.69) is 27.5 Å². The summed E-state index contributed by atoms with van der Waals surface area (Å²) in [6, 6.07) is 4.60. The maximum atomic E-state index is 10.7. The van der Waals surface area contributed by atoms with Crippen molar-refractivity contribution in [3.05, 3.63) is 33.3 Å². The molecule has 2 unspecified atom stereocenters. The summed E-state index contributed by atoms with van der Waals surface area (Å²) in [5, 5.41) is 11.1. The number of non-ortho nitro benzene ring substituents is 1. The topological polar surface area (TPSA) is 72.4 Å². The van der Waals surface area contributed by atoms with Crippen LogP contribution >= 0.6 is 34.2 Å². The summed E-state index contributed by atoms with van der Waals surface area (Å²) in [5.74, 6) is 0.442. The van der Waals surface area contributed by atoms with E-state index < -0.39 is 4.92 Å². The van der Waals surface area contributed by atoms with Gasteiger partial charge < -0.3 is 10.6 Å². The molecular formula is C11H13ClIN3O2. The number of nitrogens with zero attached hydrogens (tertiary/aromatic N) is 2. The second kappa shape index (κ2) is 5.58. The summed E-state index contributed by atoms with van der Waals surface area (Å²) in [7, 11) is 0. The zero-order valence-electron chi connectivity index (χ0n) is 9.55. The van der Waals surface area contributed by atoms with Crippen molar-refractivity contribution in [1.29, 1.82) is 0 Å². The molecule has 1 saturated heterocycles. The smallest absolute Gasteiger partial charge is 0.271 e. The maximum absolute atomic E-state index is 10.7. The molecule has 0 saturated carbocycles. The van der Waals surface area contributed by atoms with Crippen molar-refractivity contribution in [1.82, 2.24) is 0 Å². The second-order valence-electron chi connectivity index (χ2n) is 4.24. The molecule has 2 atom stereocenters. The number of benzene rings is 1. The van der Waals surface area contributed by atoms with Gasteiger partial charge in [-0.15, -0.1) is 0 Å². The molecule has 7 heteroatoms. The quantitative estimate of drug-likeness (QED) is 0.287. The fourth-order valence-corrected chi connectivity index (χ4v) is 3.66. The molecule has 1 aromatic carbocycles. The Balaban J connectivity index is 2.27. The van der Waals surface area contributed by atoms with Gasteiger partial charge in [-0.25, -0.2) is 0 Å². The summed E-state index contributed by atoms with van der Waals surface area (Å²) < 4.78 is 0.284. The van der Waals surface area contributed by atoms with E-state index in [0.29, 0.717) is 17.5 Å². The zero-order chi connectivity index (χ0) is 13.3. The van der Waals surface area contributed by atoms with Gasteiger partial charge in [0, 0.05) is 24.6 Å². The molecular weight excluding hydrogens is 368 g/mol. The Hall–Kier alpha value is -0.600. The van der Waals surface area contributed by atoms with Gasteiger partial charge in [-0.3, -0.25) is 10.1 Å². The number of halogens is 2. The van der Waals surface area contributed by atoms with Gasteiger partial charge in [-0.1, -0.05) is 34.2 Å². The first kappa shape index (κ1) is 13.8. The average Bonchev–Trinajstić information content (AvgIpc) is 2.70. The Morgan fingerprint density at radius 1 is 1.61 bits per heavy atom. The van der Waals surface area contributed by atoms with Gasteiger partial charge in [0.2, 0.25) is 0 Å². The lowest BCUT2D eigenvalue weighted by molar-refractivity contribution is -0.384. The standard InChI is InChI=1S/C11H13ClIN3O2/c12-9-5-8(16(17)18)1-2-10(9)15-4-3-7(6-14)11(15)13/h1-2,5,7,11H,3-4,6,14H2. The number of alkyl halides is 1. The Morgan fingerprint density at radius 2 is 2.33 bits per heavy atom. The van der Waals surface area contributed by atoms with Crippen LogP contribution < -0.4 is 10.6 Å². The van der Waals surface area contributed by atoms with Crippen molar-refractivity contribution >= 4 is 45.6 Å². The Labute approximate surface area is 124 Å². The number of hydrogen-bond donors (Lipinski definition) is 1. The first-order valence-corrected chi connectivity index (χ1v) is 7.21. The number of nitrogens with two attached hydrogens (primary N) is 1. The van der Waals surface area contributed by atoms with E-state index in [1.807, 2.05) is 0 Å². The Morgan fingerprint density at radius 3 is 2.83 bits per heavy atom. The van der Waals surface area contributed by atoms with Crippen LogP contribution in [-0.4, -0.2) is 22.1 Å². The molecule has 5 nitrogen and oxygen atoms in total. The number of hydrogen-bond acceptors (Lipinski definition) is 4. The van der Waals surface area contributed by atoms with Crippen molar-refractivity contribution in [3.63, 3.8) is 0 Å². The van der Waals surface area contributed by atoms with Gasteiger partial charge in [0.05, 0.1) is 19.7 Å². The van der Waals surface area contributed by atoms with Gasteiger partial charge in [-0.05, 0) is 19.0 Å². The second-order valence-corrected chi connectivity index (χ2v) is 5.93. The highest BCUT2D eigenvalue weighted by molar-refractivity contribution is 14.1. The molecule has 0 spiro atoms. The molecule has 18 heavy (non-hydrogen) atoms. The van der Waals surface area contributed by atoms with Crippen molar-refractivity contribution in [2.75, 3.05) is 18.0 Å². The van der Waals surface area contributed by atoms with E-state index in [1.54, 1.807) is 6.07 Å². The fourth-order valence-electron chi connectivity index (χ4n) is 2.15. The molecule has 1 aromatic rings. The highest BCUT2D eigenvalue weighted by Gasteiger charge is 2.32. The van der Waals surface area contributed by atoms with Crippen LogP contribution in [0.2, 0.25) is 5.02 Å². The van der Waals surface area contributed by atoms with Crippen LogP contribution in [0.1, 0.15) is 6.42 Å². The third kappa shape index (κ3) is 2.55. The molecule has 1 aliphatic heterocycles. The first-order valence-electron chi connectivity index (χ1n) is 5.59. The highest BCUT2D eigenvalue weighted by atomic mass is 127. The van der Waals surface area contributed by atoms with E-state index in [1.165, 1.54) is 12.1 Å². The zero-order valence-corrected chi connectivity index (χ0v) is 12.5. The first-order chi connectivity index (χ1) is 8.54. The van der Waals surface area contributed by atoms with Gasteiger partial charge in [-0.2, -0.15) is 0 Å². The lowest BCUT2D eigenvalue weighted by Gasteiger charge is -2.25. The molecule has 2 rings (SSSR count). The van der Waals surface area contributed by atoms with Crippen LogP contribution in [0.5, 0.6) is 0 Å². The number of rotatable bonds is 3. The molecule has 1 fully saturated rings. The van der Waals surface area contributed by atoms with Crippen molar-refractivity contribution in [2.45, 2.75) is 10.5 Å². The molecule has 0 amide bonds. The SMILES string of the molecule is NCC1CCN(c2ccc([N+](=O)[O-])cc2Cl)C1I. The minimum absolute atomic E-state index is 0.0170. The molecule has 1 aliphatic rings. The fraction of sp³-hybridized carbons (Fsp3) is 0.455. The van der Waals surface area contributed by atoms with Crippen molar-refractivity contribution in [2.24, 2.45) is 11.7 Å². The number of anilines is 1. The molecule has 98 valence electrons. The van der Waals surface area contributed by atoms with Crippen LogP contribution in [0.4, 0.5) is 11.4 Å². The van der Waals surface area contributed by atoms with Crippen LogP contribution in [-0.2, 0) is 0 Å². The predicted octanol–water partition coefficient (Wildman–Crippen LogP) is 2.79. The van der Waals surface area contributed by atoms with Gasteiger partial charge in [0.15, 0.2) is 0 Å². The molecule has 0 aliphatic carbocycles. The Kier molecular flexibility index (Phi) is 4.29.